The Bertz CT molecular complexity index is 247. The quantitative estimate of drug-likeness (QED) is 0.251. The third-order valence-corrected chi connectivity index (χ3v) is 2.72. The first kappa shape index (κ1) is 17.2. The van der Waals surface area contributed by atoms with E-state index >= 15 is 0 Å². The van der Waals surface area contributed by atoms with Crippen LogP contribution in [0.2, 0.25) is 0 Å². The first-order valence-corrected chi connectivity index (χ1v) is 6.72. The molecule has 1 atom stereocenters. The van der Waals surface area contributed by atoms with Crippen molar-refractivity contribution >= 4 is 0 Å². The highest BCUT2D eigenvalue weighted by atomic mass is 16.5. The lowest BCUT2D eigenvalue weighted by Crippen LogP contribution is -2.27. The Morgan fingerprint density at radius 1 is 1.33 bits per heavy atom. The standard InChI is InChI=1S/C15H27NO2/c1-5-8-9-10-11-16-14-17-12-13-18-15(4,6-2)7-3/h2,7,16H,3,5,8-14H2,1,4H3. The molecular formula is C15H27NO2. The van der Waals surface area contributed by atoms with Crippen molar-refractivity contribution in [1.29, 1.82) is 0 Å². The van der Waals surface area contributed by atoms with E-state index in [1.54, 1.807) is 6.08 Å². The molecule has 0 aromatic heterocycles. The summed E-state index contributed by atoms with van der Waals surface area (Å²) in [6, 6.07) is 0. The number of nitrogens with one attached hydrogen (secondary N) is 1. The highest BCUT2D eigenvalue weighted by Gasteiger charge is 2.15. The van der Waals surface area contributed by atoms with Crippen LogP contribution < -0.4 is 5.32 Å². The fourth-order valence-electron chi connectivity index (χ4n) is 1.37. The summed E-state index contributed by atoms with van der Waals surface area (Å²) in [6.45, 7) is 10.3. The van der Waals surface area contributed by atoms with E-state index in [9.17, 15) is 0 Å². The van der Waals surface area contributed by atoms with Gasteiger partial charge in [-0.05, 0) is 26.0 Å². The minimum absolute atomic E-state index is 0.476. The number of rotatable bonds is 12. The summed E-state index contributed by atoms with van der Waals surface area (Å²) in [7, 11) is 0. The molecule has 3 heteroatoms. The van der Waals surface area contributed by atoms with Crippen LogP contribution in [0.25, 0.3) is 0 Å². The molecule has 0 bridgehead atoms. The van der Waals surface area contributed by atoms with Crippen LogP contribution in [0.5, 0.6) is 0 Å². The van der Waals surface area contributed by atoms with Gasteiger partial charge >= 0.3 is 0 Å². The number of hydrogen-bond donors (Lipinski definition) is 1. The van der Waals surface area contributed by atoms with Crippen LogP contribution in [0.4, 0.5) is 0 Å². The molecule has 0 aromatic rings. The molecule has 104 valence electrons. The Morgan fingerprint density at radius 2 is 2.11 bits per heavy atom. The molecule has 0 spiro atoms. The van der Waals surface area contributed by atoms with Gasteiger partial charge in [0.25, 0.3) is 0 Å². The second kappa shape index (κ2) is 11.3. The molecule has 0 rings (SSSR count). The Hall–Kier alpha value is -0.820. The van der Waals surface area contributed by atoms with Crippen LogP contribution in [0.3, 0.4) is 0 Å². The summed E-state index contributed by atoms with van der Waals surface area (Å²) < 4.78 is 10.9. The lowest BCUT2D eigenvalue weighted by atomic mass is 10.1. The minimum Gasteiger partial charge on any atom is -0.364 e. The van der Waals surface area contributed by atoms with E-state index < -0.39 is 5.60 Å². The van der Waals surface area contributed by atoms with Crippen LogP contribution in [-0.2, 0) is 9.47 Å². The molecule has 1 N–H and O–H groups in total. The molecule has 1 unspecified atom stereocenters. The first-order valence-electron chi connectivity index (χ1n) is 6.72. The smallest absolute Gasteiger partial charge is 0.144 e. The lowest BCUT2D eigenvalue weighted by molar-refractivity contribution is -0.00289. The van der Waals surface area contributed by atoms with Crippen LogP contribution in [-0.4, -0.2) is 32.1 Å². The van der Waals surface area contributed by atoms with Gasteiger partial charge in [-0.2, -0.15) is 0 Å². The number of terminal acetylenes is 1. The summed E-state index contributed by atoms with van der Waals surface area (Å²) >= 11 is 0. The van der Waals surface area contributed by atoms with Crippen molar-refractivity contribution in [2.75, 3.05) is 26.5 Å². The Morgan fingerprint density at radius 3 is 2.72 bits per heavy atom. The fourth-order valence-corrected chi connectivity index (χ4v) is 1.37. The highest BCUT2D eigenvalue weighted by molar-refractivity contribution is 5.15. The summed E-state index contributed by atoms with van der Waals surface area (Å²) in [6.07, 6.45) is 12.0. The lowest BCUT2D eigenvalue weighted by Gasteiger charge is -2.19. The van der Waals surface area contributed by atoms with E-state index in [1.165, 1.54) is 25.7 Å². The number of unbranched alkanes of at least 4 members (excludes halogenated alkanes) is 3. The molecular weight excluding hydrogens is 226 g/mol. The molecule has 0 fully saturated rings. The van der Waals surface area contributed by atoms with Gasteiger partial charge < -0.3 is 9.47 Å². The molecule has 0 aliphatic carbocycles. The minimum atomic E-state index is -0.684. The SMILES string of the molecule is C#CC(C)(C=C)OCCOCNCCCCCC. The third-order valence-electron chi connectivity index (χ3n) is 2.72. The fraction of sp³-hybridized carbons (Fsp3) is 0.733. The second-order valence-electron chi connectivity index (χ2n) is 4.42. The van der Waals surface area contributed by atoms with E-state index in [-0.39, 0.29) is 0 Å². The van der Waals surface area contributed by atoms with Gasteiger partial charge in [-0.25, -0.2) is 0 Å². The molecule has 0 aliphatic heterocycles. The largest absolute Gasteiger partial charge is 0.364 e. The van der Waals surface area contributed by atoms with Crippen molar-refractivity contribution in [3.05, 3.63) is 12.7 Å². The van der Waals surface area contributed by atoms with Gasteiger partial charge in [0.05, 0.1) is 19.9 Å². The third kappa shape index (κ3) is 9.23. The molecule has 0 aliphatic rings. The molecule has 0 saturated heterocycles. The van der Waals surface area contributed by atoms with Crippen molar-refractivity contribution in [3.63, 3.8) is 0 Å². The number of hydrogen-bond acceptors (Lipinski definition) is 3. The van der Waals surface area contributed by atoms with Gasteiger partial charge in [0.2, 0.25) is 0 Å². The van der Waals surface area contributed by atoms with Crippen molar-refractivity contribution in [2.45, 2.75) is 45.1 Å². The van der Waals surface area contributed by atoms with Crippen LogP contribution in [0, 0.1) is 12.3 Å². The first-order chi connectivity index (χ1) is 8.68. The topological polar surface area (TPSA) is 30.5 Å². The van der Waals surface area contributed by atoms with Crippen LogP contribution >= 0.6 is 0 Å². The summed E-state index contributed by atoms with van der Waals surface area (Å²) in [5, 5.41) is 3.23. The average molecular weight is 253 g/mol. The van der Waals surface area contributed by atoms with Crippen molar-refractivity contribution in [1.82, 2.24) is 5.32 Å². The maximum absolute atomic E-state index is 5.48. The van der Waals surface area contributed by atoms with E-state index in [4.69, 9.17) is 15.9 Å². The van der Waals surface area contributed by atoms with E-state index in [0.717, 1.165) is 6.54 Å². The molecule has 3 nitrogen and oxygen atoms in total. The van der Waals surface area contributed by atoms with Crippen LogP contribution in [0.15, 0.2) is 12.7 Å². The molecule has 0 amide bonds. The Labute approximate surface area is 112 Å². The second-order valence-corrected chi connectivity index (χ2v) is 4.42. The van der Waals surface area contributed by atoms with Crippen LogP contribution in [0.1, 0.15) is 39.5 Å². The molecule has 18 heavy (non-hydrogen) atoms. The monoisotopic (exact) mass is 253 g/mol. The zero-order valence-electron chi connectivity index (χ0n) is 11.8. The van der Waals surface area contributed by atoms with E-state index in [0.29, 0.717) is 19.9 Å². The predicted molar refractivity (Wildman–Crippen MR) is 76.4 cm³/mol. The average Bonchev–Trinajstić information content (AvgIpc) is 2.40. The van der Waals surface area contributed by atoms with E-state index in [2.05, 4.69) is 24.7 Å². The van der Waals surface area contributed by atoms with Crippen molar-refractivity contribution in [2.24, 2.45) is 0 Å². The van der Waals surface area contributed by atoms with Gasteiger partial charge in [0.15, 0.2) is 0 Å². The zero-order valence-corrected chi connectivity index (χ0v) is 11.8. The normalized spacial score (nSPS) is 13.8. The summed E-state index contributed by atoms with van der Waals surface area (Å²) in [4.78, 5) is 0. The van der Waals surface area contributed by atoms with Gasteiger partial charge in [0.1, 0.15) is 5.60 Å². The van der Waals surface area contributed by atoms with Crippen molar-refractivity contribution in [3.8, 4) is 12.3 Å². The maximum Gasteiger partial charge on any atom is 0.144 e. The zero-order chi connectivity index (χ0) is 13.7. The predicted octanol–water partition coefficient (Wildman–Crippen LogP) is 2.72. The summed E-state index contributed by atoms with van der Waals surface area (Å²) in [5.74, 6) is 2.55. The van der Waals surface area contributed by atoms with Gasteiger partial charge in [0, 0.05) is 0 Å². The Kier molecular flexibility index (Phi) is 10.8. The molecule has 0 aromatic carbocycles. The van der Waals surface area contributed by atoms with Gasteiger partial charge in [-0.15, -0.1) is 6.42 Å². The van der Waals surface area contributed by atoms with Gasteiger partial charge in [-0.3, -0.25) is 5.32 Å². The Balaban J connectivity index is 3.26. The molecule has 0 radical (unpaired) electrons. The highest BCUT2D eigenvalue weighted by Crippen LogP contribution is 2.08. The van der Waals surface area contributed by atoms with Crippen molar-refractivity contribution < 1.29 is 9.47 Å². The molecule has 0 heterocycles. The van der Waals surface area contributed by atoms with E-state index in [1.807, 2.05) is 6.92 Å². The maximum atomic E-state index is 5.48. The number of ether oxygens (including phenoxy) is 2. The molecule has 0 saturated carbocycles. The summed E-state index contributed by atoms with van der Waals surface area (Å²) in [5.41, 5.74) is -0.684. The van der Waals surface area contributed by atoms with Gasteiger partial charge in [-0.1, -0.05) is 38.7 Å².